The third-order valence-corrected chi connectivity index (χ3v) is 3.51. The second-order valence-corrected chi connectivity index (χ2v) is 5.47. The molecule has 0 N–H and O–H groups in total. The van der Waals surface area contributed by atoms with Crippen LogP contribution in [0.4, 0.5) is 13.2 Å². The van der Waals surface area contributed by atoms with Crippen molar-refractivity contribution < 1.29 is 32.0 Å². The minimum Gasteiger partial charge on any atom is -0.452 e. The molecule has 1 heterocycles. The Morgan fingerprint density at radius 1 is 1.11 bits per heavy atom. The van der Waals surface area contributed by atoms with Crippen LogP contribution in [0.5, 0.6) is 5.75 Å². The summed E-state index contributed by atoms with van der Waals surface area (Å²) in [6, 6.07) is 11.9. The predicted molar refractivity (Wildman–Crippen MR) is 86.7 cm³/mol. The van der Waals surface area contributed by atoms with Gasteiger partial charge in [0.15, 0.2) is 6.61 Å². The minimum atomic E-state index is -4.76. The van der Waals surface area contributed by atoms with Crippen molar-refractivity contribution in [3.05, 3.63) is 65.5 Å². The maximum absolute atomic E-state index is 12.2. The standard InChI is InChI=1S/C18H13F3N2O4/c1-11-4-2-3-5-14(11)17(24)25-10-15-22-16(23-27-15)12-6-8-13(9-7-12)26-18(19,20)21/h2-9H,10H2,1H3. The lowest BCUT2D eigenvalue weighted by molar-refractivity contribution is -0.274. The van der Waals surface area contributed by atoms with E-state index in [0.717, 1.165) is 17.7 Å². The van der Waals surface area contributed by atoms with Gasteiger partial charge in [-0.25, -0.2) is 4.79 Å². The highest BCUT2D eigenvalue weighted by molar-refractivity contribution is 5.90. The minimum absolute atomic E-state index is 0.0579. The number of aryl methyl sites for hydroxylation is 1. The maximum Gasteiger partial charge on any atom is 0.573 e. The largest absolute Gasteiger partial charge is 0.573 e. The van der Waals surface area contributed by atoms with Gasteiger partial charge in [0.25, 0.3) is 5.89 Å². The summed E-state index contributed by atoms with van der Waals surface area (Å²) < 4.78 is 50.4. The van der Waals surface area contributed by atoms with Crippen molar-refractivity contribution in [1.82, 2.24) is 10.1 Å². The first-order chi connectivity index (χ1) is 12.8. The van der Waals surface area contributed by atoms with E-state index in [0.29, 0.717) is 11.1 Å². The second-order valence-electron chi connectivity index (χ2n) is 5.47. The fourth-order valence-electron chi connectivity index (χ4n) is 2.24. The molecule has 0 aliphatic heterocycles. The molecule has 0 bridgehead atoms. The zero-order valence-corrected chi connectivity index (χ0v) is 14.0. The zero-order valence-electron chi connectivity index (χ0n) is 14.0. The smallest absolute Gasteiger partial charge is 0.452 e. The van der Waals surface area contributed by atoms with E-state index in [2.05, 4.69) is 14.9 Å². The van der Waals surface area contributed by atoms with Gasteiger partial charge in [-0.05, 0) is 42.8 Å². The van der Waals surface area contributed by atoms with Gasteiger partial charge < -0.3 is 14.0 Å². The quantitative estimate of drug-likeness (QED) is 0.616. The summed E-state index contributed by atoms with van der Waals surface area (Å²) in [6.07, 6.45) is -4.76. The Kier molecular flexibility index (Phi) is 5.11. The number of hydrogen-bond acceptors (Lipinski definition) is 6. The van der Waals surface area contributed by atoms with Gasteiger partial charge in [0, 0.05) is 5.56 Å². The van der Waals surface area contributed by atoms with E-state index in [1.807, 2.05) is 0 Å². The van der Waals surface area contributed by atoms with E-state index in [1.54, 1.807) is 31.2 Å². The molecule has 0 amide bonds. The Bertz CT molecular complexity index is 936. The van der Waals surface area contributed by atoms with E-state index in [-0.39, 0.29) is 24.1 Å². The summed E-state index contributed by atoms with van der Waals surface area (Å²) in [6.45, 7) is 1.56. The van der Waals surface area contributed by atoms with Crippen molar-refractivity contribution >= 4 is 5.97 Å². The number of benzene rings is 2. The molecule has 1 aromatic heterocycles. The summed E-state index contributed by atoms with van der Waals surface area (Å²) in [5.41, 5.74) is 1.62. The third-order valence-electron chi connectivity index (χ3n) is 3.51. The van der Waals surface area contributed by atoms with Gasteiger partial charge in [0.2, 0.25) is 5.82 Å². The number of esters is 1. The van der Waals surface area contributed by atoms with Crippen LogP contribution in [0, 0.1) is 6.92 Å². The highest BCUT2D eigenvalue weighted by Crippen LogP contribution is 2.25. The molecule has 0 atom stereocenters. The molecule has 0 aliphatic carbocycles. The van der Waals surface area contributed by atoms with Crippen LogP contribution in [0.2, 0.25) is 0 Å². The van der Waals surface area contributed by atoms with E-state index >= 15 is 0 Å². The van der Waals surface area contributed by atoms with Gasteiger partial charge in [-0.3, -0.25) is 0 Å². The molecule has 0 spiro atoms. The Labute approximate surface area is 151 Å². The number of carbonyl (C=O) groups excluding carboxylic acids is 1. The molecule has 0 fully saturated rings. The number of hydrogen-bond donors (Lipinski definition) is 0. The molecule has 0 saturated carbocycles. The predicted octanol–water partition coefficient (Wildman–Crippen LogP) is 4.30. The van der Waals surface area contributed by atoms with Crippen molar-refractivity contribution in [2.45, 2.75) is 19.9 Å². The first-order valence-corrected chi connectivity index (χ1v) is 7.73. The fraction of sp³-hybridized carbons (Fsp3) is 0.167. The van der Waals surface area contributed by atoms with Crippen molar-refractivity contribution in [1.29, 1.82) is 0 Å². The summed E-state index contributed by atoms with van der Waals surface area (Å²) in [5.74, 6) is -0.679. The molecule has 2 aromatic carbocycles. The SMILES string of the molecule is Cc1ccccc1C(=O)OCc1nc(-c2ccc(OC(F)(F)F)cc2)no1. The average molecular weight is 378 g/mol. The summed E-state index contributed by atoms with van der Waals surface area (Å²) in [4.78, 5) is 16.1. The molecule has 0 unspecified atom stereocenters. The molecule has 6 nitrogen and oxygen atoms in total. The van der Waals surface area contributed by atoms with E-state index in [1.165, 1.54) is 12.1 Å². The van der Waals surface area contributed by atoms with Crippen LogP contribution in [0.1, 0.15) is 21.8 Å². The number of nitrogens with zero attached hydrogens (tertiary/aromatic N) is 2. The Balaban J connectivity index is 1.63. The van der Waals surface area contributed by atoms with Gasteiger partial charge >= 0.3 is 12.3 Å². The number of rotatable bonds is 5. The highest BCUT2D eigenvalue weighted by atomic mass is 19.4. The van der Waals surface area contributed by atoms with Crippen molar-refractivity contribution in [3.63, 3.8) is 0 Å². The third kappa shape index (κ3) is 4.84. The van der Waals surface area contributed by atoms with Crippen molar-refractivity contribution in [2.24, 2.45) is 0 Å². The van der Waals surface area contributed by atoms with Gasteiger partial charge in [-0.1, -0.05) is 23.4 Å². The molecule has 0 aliphatic rings. The Morgan fingerprint density at radius 3 is 2.48 bits per heavy atom. The summed E-state index contributed by atoms with van der Waals surface area (Å²) in [5, 5.41) is 3.72. The molecule has 140 valence electrons. The van der Waals surface area contributed by atoms with Gasteiger partial charge in [-0.15, -0.1) is 13.2 Å². The van der Waals surface area contributed by atoms with Gasteiger partial charge in [0.05, 0.1) is 5.56 Å². The normalized spacial score (nSPS) is 11.3. The van der Waals surface area contributed by atoms with Crippen LogP contribution in [0.3, 0.4) is 0 Å². The second kappa shape index (κ2) is 7.48. The molecule has 3 rings (SSSR count). The molecular formula is C18H13F3N2O4. The van der Waals surface area contributed by atoms with Crippen LogP contribution in [0.25, 0.3) is 11.4 Å². The summed E-state index contributed by atoms with van der Waals surface area (Å²) >= 11 is 0. The lowest BCUT2D eigenvalue weighted by atomic mass is 10.1. The van der Waals surface area contributed by atoms with Crippen molar-refractivity contribution in [3.8, 4) is 17.1 Å². The first kappa shape index (κ1) is 18.4. The Morgan fingerprint density at radius 2 is 1.81 bits per heavy atom. The first-order valence-electron chi connectivity index (χ1n) is 7.73. The molecule has 0 saturated heterocycles. The highest BCUT2D eigenvalue weighted by Gasteiger charge is 2.31. The monoisotopic (exact) mass is 378 g/mol. The maximum atomic E-state index is 12.2. The number of carbonyl (C=O) groups is 1. The van der Waals surface area contributed by atoms with Gasteiger partial charge in [-0.2, -0.15) is 4.98 Å². The average Bonchev–Trinajstić information content (AvgIpc) is 3.08. The van der Waals surface area contributed by atoms with Gasteiger partial charge in [0.1, 0.15) is 5.75 Å². The zero-order chi connectivity index (χ0) is 19.4. The Hall–Kier alpha value is -3.36. The molecular weight excluding hydrogens is 365 g/mol. The van der Waals surface area contributed by atoms with Crippen LogP contribution in [-0.2, 0) is 11.3 Å². The van der Waals surface area contributed by atoms with Crippen LogP contribution in [0.15, 0.2) is 53.1 Å². The topological polar surface area (TPSA) is 74.5 Å². The molecule has 0 radical (unpaired) electrons. The number of halogens is 3. The van der Waals surface area contributed by atoms with Crippen LogP contribution >= 0.6 is 0 Å². The molecule has 27 heavy (non-hydrogen) atoms. The number of ether oxygens (including phenoxy) is 2. The van der Waals surface area contributed by atoms with Crippen LogP contribution in [-0.4, -0.2) is 22.5 Å². The van der Waals surface area contributed by atoms with E-state index in [9.17, 15) is 18.0 Å². The number of alkyl halides is 3. The summed E-state index contributed by atoms with van der Waals surface area (Å²) in [7, 11) is 0. The lowest BCUT2D eigenvalue weighted by Gasteiger charge is -2.08. The van der Waals surface area contributed by atoms with Crippen molar-refractivity contribution in [2.75, 3.05) is 0 Å². The van der Waals surface area contributed by atoms with E-state index in [4.69, 9.17) is 9.26 Å². The van der Waals surface area contributed by atoms with E-state index < -0.39 is 12.3 Å². The number of aromatic nitrogens is 2. The molecule has 3 aromatic rings. The molecule has 9 heteroatoms. The van der Waals surface area contributed by atoms with Crippen LogP contribution < -0.4 is 4.74 Å². The lowest BCUT2D eigenvalue weighted by Crippen LogP contribution is -2.16. The fourth-order valence-corrected chi connectivity index (χ4v) is 2.24.